The number of rotatable bonds is 4. The lowest BCUT2D eigenvalue weighted by molar-refractivity contribution is 0.134. The standard InChI is InChI=1S/C18H21NO/c1-2-4-13-5-3-6-14(9-13)18(19)15-7-8-16-11-20-12-17(16)10-15/h3,5-10,18H,2,4,11-12,19H2,1H3. The average Bonchev–Trinajstić information content (AvgIpc) is 2.94. The monoisotopic (exact) mass is 267 g/mol. The van der Waals surface area contributed by atoms with Crippen molar-refractivity contribution in [2.24, 2.45) is 5.73 Å². The minimum absolute atomic E-state index is 0.0577. The topological polar surface area (TPSA) is 35.2 Å². The number of fused-ring (bicyclic) bond motifs is 1. The molecule has 0 saturated heterocycles. The summed E-state index contributed by atoms with van der Waals surface area (Å²) in [5, 5.41) is 0. The van der Waals surface area contributed by atoms with Crippen molar-refractivity contribution in [3.63, 3.8) is 0 Å². The van der Waals surface area contributed by atoms with Crippen molar-refractivity contribution < 1.29 is 4.74 Å². The van der Waals surface area contributed by atoms with Gasteiger partial charge in [0.2, 0.25) is 0 Å². The molecule has 0 aliphatic carbocycles. The van der Waals surface area contributed by atoms with Gasteiger partial charge in [0, 0.05) is 0 Å². The van der Waals surface area contributed by atoms with Gasteiger partial charge in [-0.05, 0) is 34.2 Å². The van der Waals surface area contributed by atoms with E-state index in [2.05, 4.69) is 49.4 Å². The summed E-state index contributed by atoms with van der Waals surface area (Å²) in [4.78, 5) is 0. The number of ether oxygens (including phenoxy) is 1. The van der Waals surface area contributed by atoms with Gasteiger partial charge in [0.25, 0.3) is 0 Å². The van der Waals surface area contributed by atoms with E-state index in [1.165, 1.54) is 27.8 Å². The van der Waals surface area contributed by atoms with Crippen LogP contribution in [0.1, 0.15) is 47.2 Å². The maximum atomic E-state index is 6.43. The lowest BCUT2D eigenvalue weighted by Crippen LogP contribution is -2.12. The molecule has 0 bridgehead atoms. The van der Waals surface area contributed by atoms with Gasteiger partial charge in [-0.2, -0.15) is 0 Å². The second-order valence-corrected chi connectivity index (χ2v) is 5.49. The Morgan fingerprint density at radius 2 is 1.85 bits per heavy atom. The molecule has 1 atom stereocenters. The van der Waals surface area contributed by atoms with Gasteiger partial charge in [0.15, 0.2) is 0 Å². The van der Waals surface area contributed by atoms with Gasteiger partial charge in [-0.15, -0.1) is 0 Å². The zero-order valence-corrected chi connectivity index (χ0v) is 11.9. The van der Waals surface area contributed by atoms with E-state index in [0.29, 0.717) is 6.61 Å². The normalized spacial score (nSPS) is 15.1. The van der Waals surface area contributed by atoms with E-state index < -0.39 is 0 Å². The fourth-order valence-corrected chi connectivity index (χ4v) is 2.81. The molecule has 2 heteroatoms. The molecule has 3 rings (SSSR count). The summed E-state index contributed by atoms with van der Waals surface area (Å²) < 4.78 is 5.47. The highest BCUT2D eigenvalue weighted by atomic mass is 16.5. The molecule has 0 aromatic heterocycles. The predicted octanol–water partition coefficient (Wildman–Crippen LogP) is 3.72. The smallest absolute Gasteiger partial charge is 0.0725 e. The number of hydrogen-bond donors (Lipinski definition) is 1. The SMILES string of the molecule is CCCc1cccc(C(N)c2ccc3c(c2)COC3)c1. The molecular formula is C18H21NO. The van der Waals surface area contributed by atoms with E-state index in [9.17, 15) is 0 Å². The van der Waals surface area contributed by atoms with Gasteiger partial charge in [-0.1, -0.05) is 55.8 Å². The lowest BCUT2D eigenvalue weighted by atomic mass is 9.95. The molecule has 2 nitrogen and oxygen atoms in total. The number of hydrogen-bond acceptors (Lipinski definition) is 2. The fourth-order valence-electron chi connectivity index (χ4n) is 2.81. The second-order valence-electron chi connectivity index (χ2n) is 5.49. The Labute approximate surface area is 120 Å². The van der Waals surface area contributed by atoms with Crippen LogP contribution in [-0.2, 0) is 24.4 Å². The van der Waals surface area contributed by atoms with Crippen molar-refractivity contribution in [2.45, 2.75) is 39.0 Å². The fraction of sp³-hybridized carbons (Fsp3) is 0.333. The first-order valence-corrected chi connectivity index (χ1v) is 7.32. The van der Waals surface area contributed by atoms with E-state index >= 15 is 0 Å². The number of benzene rings is 2. The van der Waals surface area contributed by atoms with Crippen molar-refractivity contribution in [2.75, 3.05) is 0 Å². The molecular weight excluding hydrogens is 246 g/mol. The molecule has 0 saturated carbocycles. The molecule has 0 radical (unpaired) electrons. The van der Waals surface area contributed by atoms with Crippen LogP contribution < -0.4 is 5.73 Å². The first kappa shape index (κ1) is 13.3. The van der Waals surface area contributed by atoms with Gasteiger partial charge in [0.05, 0.1) is 19.3 Å². The van der Waals surface area contributed by atoms with Crippen molar-refractivity contribution >= 4 is 0 Å². The molecule has 2 aromatic carbocycles. The summed E-state index contributed by atoms with van der Waals surface area (Å²) in [6, 6.07) is 15.0. The van der Waals surface area contributed by atoms with Crippen molar-refractivity contribution in [3.05, 3.63) is 70.3 Å². The molecule has 1 aliphatic rings. The summed E-state index contributed by atoms with van der Waals surface area (Å²) in [6.07, 6.45) is 2.27. The molecule has 104 valence electrons. The van der Waals surface area contributed by atoms with Gasteiger partial charge in [0.1, 0.15) is 0 Å². The molecule has 2 N–H and O–H groups in total. The Hall–Kier alpha value is -1.64. The Balaban J connectivity index is 1.88. The van der Waals surface area contributed by atoms with Gasteiger partial charge in [-0.3, -0.25) is 0 Å². The van der Waals surface area contributed by atoms with Crippen molar-refractivity contribution in [1.82, 2.24) is 0 Å². The van der Waals surface area contributed by atoms with Crippen LogP contribution in [0.15, 0.2) is 42.5 Å². The van der Waals surface area contributed by atoms with Crippen molar-refractivity contribution in [3.8, 4) is 0 Å². The van der Waals surface area contributed by atoms with E-state index in [1.807, 2.05) is 0 Å². The molecule has 1 heterocycles. The second kappa shape index (κ2) is 5.78. The average molecular weight is 267 g/mol. The summed E-state index contributed by atoms with van der Waals surface area (Å²) >= 11 is 0. The largest absolute Gasteiger partial charge is 0.372 e. The van der Waals surface area contributed by atoms with Crippen LogP contribution in [0.5, 0.6) is 0 Å². The van der Waals surface area contributed by atoms with E-state index in [-0.39, 0.29) is 6.04 Å². The first-order chi connectivity index (χ1) is 9.78. The van der Waals surface area contributed by atoms with Gasteiger partial charge in [-0.25, -0.2) is 0 Å². The summed E-state index contributed by atoms with van der Waals surface area (Å²) in [6.45, 7) is 3.65. The molecule has 2 aromatic rings. The highest BCUT2D eigenvalue weighted by Crippen LogP contribution is 2.26. The third kappa shape index (κ3) is 2.62. The minimum Gasteiger partial charge on any atom is -0.372 e. The van der Waals surface area contributed by atoms with Crippen LogP contribution in [-0.4, -0.2) is 0 Å². The molecule has 1 aliphatic heterocycles. The first-order valence-electron chi connectivity index (χ1n) is 7.32. The number of nitrogens with two attached hydrogens (primary N) is 1. The molecule has 1 unspecified atom stereocenters. The minimum atomic E-state index is -0.0577. The van der Waals surface area contributed by atoms with Crippen LogP contribution in [0, 0.1) is 0 Å². The molecule has 20 heavy (non-hydrogen) atoms. The van der Waals surface area contributed by atoms with Crippen molar-refractivity contribution in [1.29, 1.82) is 0 Å². The van der Waals surface area contributed by atoms with Crippen LogP contribution in [0.2, 0.25) is 0 Å². The van der Waals surface area contributed by atoms with Gasteiger partial charge >= 0.3 is 0 Å². The number of aryl methyl sites for hydroxylation is 1. The van der Waals surface area contributed by atoms with E-state index in [1.54, 1.807) is 0 Å². The summed E-state index contributed by atoms with van der Waals surface area (Å²) in [5.74, 6) is 0. The third-order valence-electron chi connectivity index (χ3n) is 3.95. The Bertz CT molecular complexity index is 606. The predicted molar refractivity (Wildman–Crippen MR) is 81.4 cm³/mol. The Kier molecular flexibility index (Phi) is 3.86. The third-order valence-corrected chi connectivity index (χ3v) is 3.95. The maximum absolute atomic E-state index is 6.43. The van der Waals surface area contributed by atoms with Crippen LogP contribution in [0.25, 0.3) is 0 Å². The summed E-state index contributed by atoms with van der Waals surface area (Å²) in [5.41, 5.74) is 12.7. The zero-order chi connectivity index (χ0) is 13.9. The quantitative estimate of drug-likeness (QED) is 0.916. The maximum Gasteiger partial charge on any atom is 0.0725 e. The summed E-state index contributed by atoms with van der Waals surface area (Å²) in [7, 11) is 0. The highest BCUT2D eigenvalue weighted by Gasteiger charge is 2.15. The molecule has 0 spiro atoms. The molecule has 0 amide bonds. The molecule has 0 fully saturated rings. The lowest BCUT2D eigenvalue weighted by Gasteiger charge is -2.15. The zero-order valence-electron chi connectivity index (χ0n) is 11.9. The van der Waals surface area contributed by atoms with Gasteiger partial charge < -0.3 is 10.5 Å². The van der Waals surface area contributed by atoms with Crippen LogP contribution in [0.4, 0.5) is 0 Å². The van der Waals surface area contributed by atoms with Crippen LogP contribution in [0.3, 0.4) is 0 Å². The Morgan fingerprint density at radius 1 is 1.05 bits per heavy atom. The van der Waals surface area contributed by atoms with E-state index in [4.69, 9.17) is 10.5 Å². The Morgan fingerprint density at radius 3 is 2.70 bits per heavy atom. The highest BCUT2D eigenvalue weighted by molar-refractivity contribution is 5.39. The van der Waals surface area contributed by atoms with E-state index in [0.717, 1.165) is 19.4 Å². The van der Waals surface area contributed by atoms with Crippen LogP contribution >= 0.6 is 0 Å².